The number of benzene rings is 1. The maximum Gasteiger partial charge on any atom is 0.159 e. The summed E-state index contributed by atoms with van der Waals surface area (Å²) in [5, 5.41) is 0. The molecule has 1 aliphatic carbocycles. The van der Waals surface area contributed by atoms with Crippen LogP contribution in [0.1, 0.15) is 41.2 Å². The van der Waals surface area contributed by atoms with E-state index in [1.54, 1.807) is 6.07 Å². The summed E-state index contributed by atoms with van der Waals surface area (Å²) in [5.74, 6) is 1.31. The number of carbonyl (C=O) groups is 1. The molecule has 3 rings (SSSR count). The second-order valence-corrected chi connectivity index (χ2v) is 4.68. The van der Waals surface area contributed by atoms with E-state index in [1.165, 1.54) is 19.3 Å². The Kier molecular flexibility index (Phi) is 2.89. The van der Waals surface area contributed by atoms with Crippen molar-refractivity contribution in [2.45, 2.75) is 25.2 Å². The minimum Gasteiger partial charge on any atom is -0.298 e. The first-order chi connectivity index (χ1) is 8.86. The highest BCUT2D eigenvalue weighted by Crippen LogP contribution is 2.35. The van der Waals surface area contributed by atoms with Crippen molar-refractivity contribution in [3.05, 3.63) is 47.8 Å². The molecule has 1 aromatic heterocycles. The summed E-state index contributed by atoms with van der Waals surface area (Å²) in [5.41, 5.74) is 2.69. The zero-order chi connectivity index (χ0) is 12.4. The molecule has 18 heavy (non-hydrogen) atoms. The first-order valence-electron chi connectivity index (χ1n) is 6.25. The molecular weight excluding hydrogens is 224 g/mol. The number of carbonyl (C=O) groups excluding carboxylic acids is 1. The predicted octanol–water partition coefficient (Wildman–Crippen LogP) is 3.22. The van der Waals surface area contributed by atoms with Gasteiger partial charge in [0.15, 0.2) is 5.82 Å². The number of nitrogens with zero attached hydrogens (tertiary/aromatic N) is 2. The van der Waals surface area contributed by atoms with Gasteiger partial charge in [0.25, 0.3) is 0 Å². The first-order valence-corrected chi connectivity index (χ1v) is 6.25. The third-order valence-electron chi connectivity index (χ3n) is 3.48. The molecule has 0 unspecified atom stereocenters. The van der Waals surface area contributed by atoms with Gasteiger partial charge in [-0.15, -0.1) is 0 Å². The topological polar surface area (TPSA) is 42.9 Å². The Morgan fingerprint density at radius 3 is 2.83 bits per heavy atom. The van der Waals surface area contributed by atoms with Gasteiger partial charge in [0.2, 0.25) is 0 Å². The summed E-state index contributed by atoms with van der Waals surface area (Å²) >= 11 is 0. The summed E-state index contributed by atoms with van der Waals surface area (Å²) in [6.07, 6.45) is 6.41. The Balaban J connectivity index is 1.97. The smallest absolute Gasteiger partial charge is 0.159 e. The molecule has 0 saturated heterocycles. The molecule has 0 radical (unpaired) electrons. The van der Waals surface area contributed by atoms with Crippen LogP contribution >= 0.6 is 0 Å². The summed E-state index contributed by atoms with van der Waals surface area (Å²) in [4.78, 5) is 19.7. The first kappa shape index (κ1) is 11.1. The molecule has 0 bridgehead atoms. The van der Waals surface area contributed by atoms with Gasteiger partial charge in [-0.2, -0.15) is 0 Å². The third kappa shape index (κ3) is 2.04. The second-order valence-electron chi connectivity index (χ2n) is 4.68. The van der Waals surface area contributed by atoms with Crippen molar-refractivity contribution < 1.29 is 4.79 Å². The predicted molar refractivity (Wildman–Crippen MR) is 69.4 cm³/mol. The molecule has 1 fully saturated rings. The van der Waals surface area contributed by atoms with Crippen molar-refractivity contribution in [3.63, 3.8) is 0 Å². The summed E-state index contributed by atoms with van der Waals surface area (Å²) in [6, 6.07) is 9.40. The molecule has 0 aliphatic heterocycles. The van der Waals surface area contributed by atoms with Gasteiger partial charge >= 0.3 is 0 Å². The van der Waals surface area contributed by atoms with Crippen LogP contribution in [-0.2, 0) is 0 Å². The second kappa shape index (κ2) is 4.69. The molecule has 1 aliphatic rings. The van der Waals surface area contributed by atoms with E-state index in [0.717, 1.165) is 17.5 Å². The molecule has 0 spiro atoms. The van der Waals surface area contributed by atoms with E-state index in [1.807, 2.05) is 30.5 Å². The van der Waals surface area contributed by atoms with E-state index in [-0.39, 0.29) is 0 Å². The molecule has 1 heterocycles. The standard InChI is InChI=1S/C15H14N2O/c18-10-11-3-1-6-13(9-11)15-16-8-7-14(17-15)12-4-2-5-12/h1,3,6-10,12H,2,4-5H2. The van der Waals surface area contributed by atoms with Crippen LogP contribution in [0, 0.1) is 0 Å². The fourth-order valence-corrected chi connectivity index (χ4v) is 2.19. The van der Waals surface area contributed by atoms with Crippen molar-refractivity contribution in [2.75, 3.05) is 0 Å². The number of rotatable bonds is 3. The lowest BCUT2D eigenvalue weighted by Crippen LogP contribution is -2.11. The monoisotopic (exact) mass is 238 g/mol. The normalized spacial score (nSPS) is 15.1. The van der Waals surface area contributed by atoms with E-state index in [9.17, 15) is 4.79 Å². The molecule has 1 saturated carbocycles. The van der Waals surface area contributed by atoms with E-state index in [4.69, 9.17) is 0 Å². The van der Waals surface area contributed by atoms with Crippen LogP contribution in [0.4, 0.5) is 0 Å². The molecule has 3 nitrogen and oxygen atoms in total. The van der Waals surface area contributed by atoms with E-state index in [0.29, 0.717) is 17.3 Å². The van der Waals surface area contributed by atoms with Crippen molar-refractivity contribution in [2.24, 2.45) is 0 Å². The van der Waals surface area contributed by atoms with E-state index in [2.05, 4.69) is 9.97 Å². The fraction of sp³-hybridized carbons (Fsp3) is 0.267. The van der Waals surface area contributed by atoms with Gasteiger partial charge in [0.1, 0.15) is 6.29 Å². The van der Waals surface area contributed by atoms with Gasteiger partial charge in [-0.1, -0.05) is 24.6 Å². The van der Waals surface area contributed by atoms with Gasteiger partial charge in [-0.25, -0.2) is 9.97 Å². The number of hydrogen-bond donors (Lipinski definition) is 0. The Morgan fingerprint density at radius 1 is 1.22 bits per heavy atom. The molecule has 3 heteroatoms. The summed E-state index contributed by atoms with van der Waals surface area (Å²) in [7, 11) is 0. The Bertz CT molecular complexity index is 576. The molecule has 1 aromatic carbocycles. The fourth-order valence-electron chi connectivity index (χ4n) is 2.19. The van der Waals surface area contributed by atoms with Gasteiger partial charge in [-0.3, -0.25) is 4.79 Å². The lowest BCUT2D eigenvalue weighted by Gasteiger charge is -2.24. The van der Waals surface area contributed by atoms with Crippen molar-refractivity contribution in [1.82, 2.24) is 9.97 Å². The zero-order valence-corrected chi connectivity index (χ0v) is 10.0. The average molecular weight is 238 g/mol. The van der Waals surface area contributed by atoms with Gasteiger partial charge in [0.05, 0.1) is 0 Å². The number of hydrogen-bond acceptors (Lipinski definition) is 3. The summed E-state index contributed by atoms with van der Waals surface area (Å²) < 4.78 is 0. The minimum absolute atomic E-state index is 0.598. The average Bonchev–Trinajstić information content (AvgIpc) is 2.37. The Labute approximate surface area is 106 Å². The third-order valence-corrected chi connectivity index (χ3v) is 3.48. The summed E-state index contributed by atoms with van der Waals surface area (Å²) in [6.45, 7) is 0. The maximum absolute atomic E-state index is 10.8. The largest absolute Gasteiger partial charge is 0.298 e. The van der Waals surface area contributed by atoms with Crippen LogP contribution < -0.4 is 0 Å². The van der Waals surface area contributed by atoms with Crippen LogP contribution in [-0.4, -0.2) is 16.3 Å². The zero-order valence-electron chi connectivity index (χ0n) is 10.0. The van der Waals surface area contributed by atoms with Crippen molar-refractivity contribution in [3.8, 4) is 11.4 Å². The van der Waals surface area contributed by atoms with Gasteiger partial charge in [-0.05, 0) is 25.0 Å². The van der Waals surface area contributed by atoms with Crippen LogP contribution in [0.5, 0.6) is 0 Å². The van der Waals surface area contributed by atoms with Crippen LogP contribution in [0.25, 0.3) is 11.4 Å². The highest BCUT2D eigenvalue weighted by Gasteiger charge is 2.21. The Hall–Kier alpha value is -2.03. The lowest BCUT2D eigenvalue weighted by atomic mass is 9.83. The molecule has 0 amide bonds. The van der Waals surface area contributed by atoms with E-state index < -0.39 is 0 Å². The Morgan fingerprint density at radius 2 is 2.11 bits per heavy atom. The van der Waals surface area contributed by atoms with Crippen molar-refractivity contribution in [1.29, 1.82) is 0 Å². The minimum atomic E-state index is 0.598. The molecular formula is C15H14N2O. The SMILES string of the molecule is O=Cc1cccc(-c2nccc(C3CCC3)n2)c1. The quantitative estimate of drug-likeness (QED) is 0.771. The molecule has 0 atom stereocenters. The van der Waals surface area contributed by atoms with Gasteiger partial charge in [0, 0.05) is 28.9 Å². The highest BCUT2D eigenvalue weighted by molar-refractivity contribution is 5.77. The molecule has 90 valence electrons. The number of aldehydes is 1. The number of aromatic nitrogens is 2. The van der Waals surface area contributed by atoms with Crippen LogP contribution in [0.15, 0.2) is 36.5 Å². The van der Waals surface area contributed by atoms with E-state index >= 15 is 0 Å². The lowest BCUT2D eigenvalue weighted by molar-refractivity contribution is 0.112. The molecule has 2 aromatic rings. The maximum atomic E-state index is 10.8. The highest BCUT2D eigenvalue weighted by atomic mass is 16.1. The van der Waals surface area contributed by atoms with Crippen LogP contribution in [0.2, 0.25) is 0 Å². The van der Waals surface area contributed by atoms with Crippen LogP contribution in [0.3, 0.4) is 0 Å². The molecule has 0 N–H and O–H groups in total. The van der Waals surface area contributed by atoms with Gasteiger partial charge < -0.3 is 0 Å². The van der Waals surface area contributed by atoms with Crippen molar-refractivity contribution >= 4 is 6.29 Å².